The number of benzene rings is 2. The van der Waals surface area contributed by atoms with E-state index in [0.29, 0.717) is 22.8 Å². The Hall–Kier alpha value is -2.91. The Morgan fingerprint density at radius 1 is 1.15 bits per heavy atom. The van der Waals surface area contributed by atoms with Gasteiger partial charge in [0, 0.05) is 26.8 Å². The van der Waals surface area contributed by atoms with Gasteiger partial charge in [-0.3, -0.25) is 14.4 Å². The van der Waals surface area contributed by atoms with Gasteiger partial charge in [0.2, 0.25) is 0 Å². The maximum absolute atomic E-state index is 12.4. The van der Waals surface area contributed by atoms with E-state index in [0.717, 1.165) is 21.3 Å². The lowest BCUT2D eigenvalue weighted by Crippen LogP contribution is -2.41. The molecule has 10 heteroatoms. The highest BCUT2D eigenvalue weighted by Gasteiger charge is 2.15. The van der Waals surface area contributed by atoms with Gasteiger partial charge in [0.05, 0.1) is 6.21 Å². The number of anilines is 1. The molecular formula is C23H26BrClN4O4. The van der Waals surface area contributed by atoms with Gasteiger partial charge in [0.25, 0.3) is 5.91 Å². The summed E-state index contributed by atoms with van der Waals surface area (Å²) >= 11 is 9.48. The molecule has 0 aliphatic rings. The average Bonchev–Trinajstić information content (AvgIpc) is 2.75. The Kier molecular flexibility index (Phi) is 9.87. The van der Waals surface area contributed by atoms with Crippen molar-refractivity contribution in [2.24, 2.45) is 5.10 Å². The number of carbonyl (C=O) groups excluding carboxylic acids is 3. The summed E-state index contributed by atoms with van der Waals surface area (Å²) < 4.78 is 6.57. The van der Waals surface area contributed by atoms with Gasteiger partial charge < -0.3 is 15.4 Å². The van der Waals surface area contributed by atoms with Crippen LogP contribution in [0, 0.1) is 13.8 Å². The van der Waals surface area contributed by atoms with E-state index in [2.05, 4.69) is 37.1 Å². The molecule has 0 fully saturated rings. The van der Waals surface area contributed by atoms with Gasteiger partial charge >= 0.3 is 11.8 Å². The summed E-state index contributed by atoms with van der Waals surface area (Å²) in [6.45, 7) is 7.24. The molecule has 0 aliphatic heterocycles. The van der Waals surface area contributed by atoms with E-state index in [4.69, 9.17) is 16.3 Å². The van der Waals surface area contributed by atoms with Gasteiger partial charge in [0.15, 0.2) is 6.61 Å². The molecule has 0 bridgehead atoms. The first-order valence-corrected chi connectivity index (χ1v) is 11.4. The van der Waals surface area contributed by atoms with Crippen LogP contribution in [0.5, 0.6) is 5.75 Å². The monoisotopic (exact) mass is 536 g/mol. The van der Waals surface area contributed by atoms with Crippen LogP contribution in [0.25, 0.3) is 0 Å². The summed E-state index contributed by atoms with van der Waals surface area (Å²) in [6.07, 6.45) is 1.98. The van der Waals surface area contributed by atoms with Gasteiger partial charge in [-0.25, -0.2) is 5.43 Å². The van der Waals surface area contributed by atoms with E-state index in [1.54, 1.807) is 25.1 Å². The number of nitrogens with one attached hydrogen (secondary N) is 3. The Morgan fingerprint density at radius 3 is 2.45 bits per heavy atom. The summed E-state index contributed by atoms with van der Waals surface area (Å²) in [5, 5.41) is 9.60. The molecule has 3 amide bonds. The first-order chi connectivity index (χ1) is 15.6. The quantitative estimate of drug-likeness (QED) is 0.268. The number of carbonyl (C=O) groups is 3. The van der Waals surface area contributed by atoms with E-state index in [1.807, 2.05) is 32.9 Å². The fourth-order valence-corrected chi connectivity index (χ4v) is 3.65. The van der Waals surface area contributed by atoms with Crippen molar-refractivity contribution in [3.8, 4) is 5.75 Å². The summed E-state index contributed by atoms with van der Waals surface area (Å²) in [6, 6.07) is 8.45. The second kappa shape index (κ2) is 12.4. The maximum Gasteiger partial charge on any atom is 0.329 e. The van der Waals surface area contributed by atoms with Gasteiger partial charge in [-0.1, -0.05) is 34.5 Å². The molecule has 0 aliphatic carbocycles. The Bertz CT molecular complexity index is 1050. The molecule has 0 saturated carbocycles. The lowest BCUT2D eigenvalue weighted by Gasteiger charge is -2.14. The van der Waals surface area contributed by atoms with Gasteiger partial charge in [-0.2, -0.15) is 5.10 Å². The topological polar surface area (TPSA) is 109 Å². The molecule has 0 radical (unpaired) electrons. The minimum absolute atomic E-state index is 0.128. The Morgan fingerprint density at radius 2 is 1.82 bits per heavy atom. The molecule has 2 aromatic rings. The molecule has 0 unspecified atom stereocenters. The zero-order valence-electron chi connectivity index (χ0n) is 18.8. The fraction of sp³-hybridized carbons (Fsp3) is 0.304. The predicted octanol–water partition coefficient (Wildman–Crippen LogP) is 4.10. The SMILES string of the molecule is CC[C@@H](C)NC(=O)C(=O)N/N=C\c1cc(Cl)ccc1OCC(=O)Nc1c(C)cc(Br)cc1C. The van der Waals surface area contributed by atoms with E-state index < -0.39 is 11.8 Å². The molecule has 0 heterocycles. The van der Waals surface area contributed by atoms with E-state index >= 15 is 0 Å². The normalized spacial score (nSPS) is 11.7. The van der Waals surface area contributed by atoms with Crippen LogP contribution >= 0.6 is 27.5 Å². The third-order valence-corrected chi connectivity index (χ3v) is 5.35. The lowest BCUT2D eigenvalue weighted by atomic mass is 10.1. The molecule has 1 atom stereocenters. The maximum atomic E-state index is 12.4. The molecule has 8 nitrogen and oxygen atoms in total. The van der Waals surface area contributed by atoms with Crippen molar-refractivity contribution < 1.29 is 19.1 Å². The highest BCUT2D eigenvalue weighted by atomic mass is 79.9. The van der Waals surface area contributed by atoms with Crippen molar-refractivity contribution in [3.05, 3.63) is 56.5 Å². The minimum atomic E-state index is -0.893. The third kappa shape index (κ3) is 8.18. The highest BCUT2D eigenvalue weighted by Crippen LogP contribution is 2.25. The number of amides is 3. The van der Waals surface area contributed by atoms with Crippen LogP contribution in [0.1, 0.15) is 37.0 Å². The summed E-state index contributed by atoms with van der Waals surface area (Å²) in [5.41, 5.74) is 5.15. The van der Waals surface area contributed by atoms with E-state index in [-0.39, 0.29) is 18.6 Å². The van der Waals surface area contributed by atoms with Crippen molar-refractivity contribution >= 4 is 57.2 Å². The number of aryl methyl sites for hydroxylation is 2. The standard InChI is InChI=1S/C23H26BrClN4O4/c1-5-15(4)27-22(31)23(32)29-26-11-16-10-18(25)6-7-19(16)33-12-20(30)28-21-13(2)8-17(24)9-14(21)3/h6-11,15H,5,12H2,1-4H3,(H,27,31)(H,28,30)(H,29,32)/b26-11-/t15-/m1/s1. The van der Waals surface area contributed by atoms with Crippen molar-refractivity contribution in [2.45, 2.75) is 40.2 Å². The van der Waals surface area contributed by atoms with Crippen molar-refractivity contribution in [1.29, 1.82) is 0 Å². The zero-order chi connectivity index (χ0) is 24.5. The largest absolute Gasteiger partial charge is 0.483 e. The molecular weight excluding hydrogens is 512 g/mol. The average molecular weight is 538 g/mol. The molecule has 3 N–H and O–H groups in total. The summed E-state index contributed by atoms with van der Waals surface area (Å²) in [7, 11) is 0. The fourth-order valence-electron chi connectivity index (χ4n) is 2.78. The molecule has 176 valence electrons. The highest BCUT2D eigenvalue weighted by molar-refractivity contribution is 9.10. The van der Waals surface area contributed by atoms with Crippen LogP contribution in [0.2, 0.25) is 5.02 Å². The zero-order valence-corrected chi connectivity index (χ0v) is 21.1. The number of hydrogen-bond donors (Lipinski definition) is 3. The van der Waals surface area contributed by atoms with Crippen LogP contribution < -0.4 is 20.8 Å². The number of hydrogen-bond acceptors (Lipinski definition) is 5. The summed E-state index contributed by atoms with van der Waals surface area (Å²) in [4.78, 5) is 36.1. The smallest absolute Gasteiger partial charge is 0.329 e. The molecule has 0 aromatic heterocycles. The first kappa shape index (κ1) is 26.3. The molecule has 2 rings (SSSR count). The van der Waals surface area contributed by atoms with Gasteiger partial charge in [-0.05, 0) is 68.7 Å². The second-order valence-corrected chi connectivity index (χ2v) is 8.77. The van der Waals surface area contributed by atoms with Crippen LogP contribution in [-0.4, -0.2) is 36.6 Å². The van der Waals surface area contributed by atoms with E-state index in [9.17, 15) is 14.4 Å². The van der Waals surface area contributed by atoms with Gasteiger partial charge in [-0.15, -0.1) is 0 Å². The number of ether oxygens (including phenoxy) is 1. The Labute approximate surface area is 206 Å². The number of halogens is 2. The Balaban J connectivity index is 2.02. The van der Waals surface area contributed by atoms with Crippen LogP contribution in [0.4, 0.5) is 5.69 Å². The first-order valence-electron chi connectivity index (χ1n) is 10.2. The molecule has 0 spiro atoms. The lowest BCUT2D eigenvalue weighted by molar-refractivity contribution is -0.139. The van der Waals surface area contributed by atoms with Crippen molar-refractivity contribution in [2.75, 3.05) is 11.9 Å². The molecule has 2 aromatic carbocycles. The number of rotatable bonds is 8. The molecule has 33 heavy (non-hydrogen) atoms. The molecule has 0 saturated heterocycles. The van der Waals surface area contributed by atoms with Crippen LogP contribution in [0.3, 0.4) is 0 Å². The van der Waals surface area contributed by atoms with Crippen molar-refractivity contribution in [3.63, 3.8) is 0 Å². The number of hydrazone groups is 1. The third-order valence-electron chi connectivity index (χ3n) is 4.66. The predicted molar refractivity (Wildman–Crippen MR) is 133 cm³/mol. The van der Waals surface area contributed by atoms with Gasteiger partial charge in [0.1, 0.15) is 5.75 Å². The minimum Gasteiger partial charge on any atom is -0.483 e. The summed E-state index contributed by atoms with van der Waals surface area (Å²) in [5.74, 6) is -1.67. The van der Waals surface area contributed by atoms with Crippen LogP contribution in [0.15, 0.2) is 39.9 Å². The van der Waals surface area contributed by atoms with Crippen molar-refractivity contribution in [1.82, 2.24) is 10.7 Å². The van der Waals surface area contributed by atoms with E-state index in [1.165, 1.54) is 6.21 Å². The number of nitrogens with zero attached hydrogens (tertiary/aromatic N) is 1. The second-order valence-electron chi connectivity index (χ2n) is 7.42. The van der Waals surface area contributed by atoms with Crippen LogP contribution in [-0.2, 0) is 14.4 Å².